The average Bonchev–Trinajstić information content (AvgIpc) is 2.56. The number of sulfonamides is 1. The third-order valence-corrected chi connectivity index (χ3v) is 4.57. The SMILES string of the molecule is CNC(=O)Cc1ccc(NS(=O)(=O)c2cccc([N+](=O)[O-])c2)cc1. The minimum absolute atomic E-state index is 0.153. The fourth-order valence-corrected chi connectivity index (χ4v) is 3.04. The van der Waals surface area contributed by atoms with Gasteiger partial charge in [-0.1, -0.05) is 18.2 Å². The van der Waals surface area contributed by atoms with E-state index < -0.39 is 14.9 Å². The van der Waals surface area contributed by atoms with Gasteiger partial charge in [-0.15, -0.1) is 0 Å². The lowest BCUT2D eigenvalue weighted by Crippen LogP contribution is -2.19. The lowest BCUT2D eigenvalue weighted by Gasteiger charge is -2.09. The number of nitrogens with one attached hydrogen (secondary N) is 2. The first kappa shape index (κ1) is 17.4. The highest BCUT2D eigenvalue weighted by Crippen LogP contribution is 2.20. The summed E-state index contributed by atoms with van der Waals surface area (Å²) in [7, 11) is -2.41. The van der Waals surface area contributed by atoms with Crippen LogP contribution >= 0.6 is 0 Å². The van der Waals surface area contributed by atoms with Crippen LogP contribution in [-0.4, -0.2) is 26.3 Å². The summed E-state index contributed by atoms with van der Waals surface area (Å²) in [5, 5.41) is 13.2. The van der Waals surface area contributed by atoms with Gasteiger partial charge in [0.05, 0.1) is 16.2 Å². The summed E-state index contributed by atoms with van der Waals surface area (Å²) in [5.74, 6) is -0.153. The molecule has 0 spiro atoms. The normalized spacial score (nSPS) is 10.9. The Balaban J connectivity index is 2.18. The van der Waals surface area contributed by atoms with Gasteiger partial charge in [-0.05, 0) is 23.8 Å². The van der Waals surface area contributed by atoms with Gasteiger partial charge in [-0.2, -0.15) is 0 Å². The lowest BCUT2D eigenvalue weighted by atomic mass is 10.1. The predicted octanol–water partition coefficient (Wildman–Crippen LogP) is 1.68. The highest BCUT2D eigenvalue weighted by molar-refractivity contribution is 7.92. The van der Waals surface area contributed by atoms with Crippen LogP contribution in [-0.2, 0) is 21.2 Å². The number of benzene rings is 2. The van der Waals surface area contributed by atoms with Crippen LogP contribution in [0, 0.1) is 10.1 Å². The summed E-state index contributed by atoms with van der Waals surface area (Å²) < 4.78 is 26.9. The predicted molar refractivity (Wildman–Crippen MR) is 88.1 cm³/mol. The van der Waals surface area contributed by atoms with Crippen molar-refractivity contribution in [3.8, 4) is 0 Å². The topological polar surface area (TPSA) is 118 Å². The molecule has 0 aliphatic rings. The van der Waals surface area contributed by atoms with Crippen LogP contribution in [0.15, 0.2) is 53.4 Å². The average molecular weight is 349 g/mol. The molecule has 0 bridgehead atoms. The van der Waals surface area contributed by atoms with Gasteiger partial charge in [0.25, 0.3) is 15.7 Å². The van der Waals surface area contributed by atoms with Gasteiger partial charge in [0, 0.05) is 24.9 Å². The molecule has 0 saturated heterocycles. The summed E-state index contributed by atoms with van der Waals surface area (Å²) in [6.07, 6.45) is 0.189. The second-order valence-electron chi connectivity index (χ2n) is 4.91. The van der Waals surface area contributed by atoms with Crippen LogP contribution in [0.3, 0.4) is 0 Å². The molecule has 0 atom stereocenters. The smallest absolute Gasteiger partial charge is 0.270 e. The fourth-order valence-electron chi connectivity index (χ4n) is 1.94. The molecule has 1 amide bonds. The van der Waals surface area contributed by atoms with Gasteiger partial charge in [-0.25, -0.2) is 8.42 Å². The van der Waals surface area contributed by atoms with Crippen molar-refractivity contribution in [3.63, 3.8) is 0 Å². The van der Waals surface area contributed by atoms with Crippen molar-refractivity contribution in [1.82, 2.24) is 5.32 Å². The van der Waals surface area contributed by atoms with E-state index >= 15 is 0 Å². The van der Waals surface area contributed by atoms with Crippen LogP contribution < -0.4 is 10.0 Å². The summed E-state index contributed by atoms with van der Waals surface area (Å²) in [5.41, 5.74) is 0.716. The first-order valence-corrected chi connectivity index (χ1v) is 8.37. The molecule has 9 heteroatoms. The molecule has 2 aromatic rings. The molecule has 0 radical (unpaired) electrons. The minimum atomic E-state index is -3.94. The summed E-state index contributed by atoms with van der Waals surface area (Å²) >= 11 is 0. The molecule has 0 saturated carbocycles. The molecule has 0 fully saturated rings. The minimum Gasteiger partial charge on any atom is -0.359 e. The molecule has 0 aromatic heterocycles. The van der Waals surface area contributed by atoms with Crippen molar-refractivity contribution >= 4 is 27.3 Å². The van der Waals surface area contributed by atoms with E-state index in [1.54, 1.807) is 12.1 Å². The molecular formula is C15H15N3O5S. The van der Waals surface area contributed by atoms with E-state index in [1.165, 1.54) is 37.4 Å². The quantitative estimate of drug-likeness (QED) is 0.607. The monoisotopic (exact) mass is 349 g/mol. The van der Waals surface area contributed by atoms with Crippen molar-refractivity contribution in [2.45, 2.75) is 11.3 Å². The molecule has 24 heavy (non-hydrogen) atoms. The van der Waals surface area contributed by atoms with E-state index in [9.17, 15) is 23.3 Å². The number of carbonyl (C=O) groups is 1. The Morgan fingerprint density at radius 2 is 1.83 bits per heavy atom. The van der Waals surface area contributed by atoms with Gasteiger partial charge in [0.2, 0.25) is 5.91 Å². The Labute approximate surface area is 138 Å². The van der Waals surface area contributed by atoms with Crippen molar-refractivity contribution in [1.29, 1.82) is 0 Å². The van der Waals surface area contributed by atoms with Gasteiger partial charge >= 0.3 is 0 Å². The largest absolute Gasteiger partial charge is 0.359 e. The Kier molecular flexibility index (Phi) is 5.14. The molecule has 2 N–H and O–H groups in total. The van der Waals surface area contributed by atoms with E-state index in [4.69, 9.17) is 0 Å². The van der Waals surface area contributed by atoms with E-state index in [2.05, 4.69) is 10.0 Å². The van der Waals surface area contributed by atoms with Crippen LogP contribution in [0.2, 0.25) is 0 Å². The molecule has 2 rings (SSSR count). The third kappa shape index (κ3) is 4.29. The number of likely N-dealkylation sites (N-methyl/N-ethyl adjacent to an activating group) is 1. The zero-order valence-electron chi connectivity index (χ0n) is 12.7. The van der Waals surface area contributed by atoms with Crippen LogP contribution in [0.25, 0.3) is 0 Å². The number of rotatable bonds is 6. The van der Waals surface area contributed by atoms with E-state index in [0.717, 1.165) is 11.6 Å². The summed E-state index contributed by atoms with van der Waals surface area (Å²) in [6, 6.07) is 11.1. The van der Waals surface area contributed by atoms with Gasteiger partial charge < -0.3 is 5.32 Å². The van der Waals surface area contributed by atoms with Crippen molar-refractivity contribution in [2.24, 2.45) is 0 Å². The Morgan fingerprint density at radius 1 is 1.17 bits per heavy atom. The van der Waals surface area contributed by atoms with Gasteiger partial charge in [0.1, 0.15) is 0 Å². The highest BCUT2D eigenvalue weighted by Gasteiger charge is 2.17. The Hall–Kier alpha value is -2.94. The van der Waals surface area contributed by atoms with Crippen molar-refractivity contribution in [3.05, 3.63) is 64.2 Å². The number of nitro groups is 1. The number of non-ortho nitro benzene ring substituents is 1. The number of nitrogens with zero attached hydrogens (tertiary/aromatic N) is 1. The molecule has 0 aliphatic heterocycles. The molecule has 0 heterocycles. The number of nitro benzene ring substituents is 1. The lowest BCUT2D eigenvalue weighted by molar-refractivity contribution is -0.385. The zero-order valence-corrected chi connectivity index (χ0v) is 13.5. The number of hydrogen-bond donors (Lipinski definition) is 2. The molecule has 8 nitrogen and oxygen atoms in total. The maximum Gasteiger partial charge on any atom is 0.270 e. The maximum atomic E-state index is 12.3. The maximum absolute atomic E-state index is 12.3. The second-order valence-corrected chi connectivity index (χ2v) is 6.59. The van der Waals surface area contributed by atoms with E-state index in [0.29, 0.717) is 5.69 Å². The van der Waals surface area contributed by atoms with E-state index in [-0.39, 0.29) is 22.9 Å². The summed E-state index contributed by atoms with van der Waals surface area (Å²) in [4.78, 5) is 21.2. The van der Waals surface area contributed by atoms with Crippen molar-refractivity contribution in [2.75, 3.05) is 11.8 Å². The molecular weight excluding hydrogens is 334 g/mol. The van der Waals surface area contributed by atoms with Crippen LogP contribution in [0.5, 0.6) is 0 Å². The summed E-state index contributed by atoms with van der Waals surface area (Å²) in [6.45, 7) is 0. The molecule has 126 valence electrons. The molecule has 0 aliphatic carbocycles. The number of carbonyl (C=O) groups excluding carboxylic acids is 1. The number of amides is 1. The first-order chi connectivity index (χ1) is 11.3. The highest BCUT2D eigenvalue weighted by atomic mass is 32.2. The first-order valence-electron chi connectivity index (χ1n) is 6.88. The number of anilines is 1. The molecule has 0 unspecified atom stereocenters. The Morgan fingerprint density at radius 3 is 2.42 bits per heavy atom. The van der Waals surface area contributed by atoms with E-state index in [1.807, 2.05) is 0 Å². The van der Waals surface area contributed by atoms with Crippen LogP contribution in [0.1, 0.15) is 5.56 Å². The second kappa shape index (κ2) is 7.09. The zero-order chi connectivity index (χ0) is 17.7. The van der Waals surface area contributed by atoms with Crippen LogP contribution in [0.4, 0.5) is 11.4 Å². The van der Waals surface area contributed by atoms with Gasteiger partial charge in [0.15, 0.2) is 0 Å². The fraction of sp³-hybridized carbons (Fsp3) is 0.133. The third-order valence-electron chi connectivity index (χ3n) is 3.19. The standard InChI is InChI=1S/C15H15N3O5S/c1-16-15(19)9-11-5-7-12(8-6-11)17-24(22,23)14-4-2-3-13(10-14)18(20)21/h2-8,10,17H,9H2,1H3,(H,16,19). The van der Waals surface area contributed by atoms with Crippen molar-refractivity contribution < 1.29 is 18.1 Å². The molecule has 2 aromatic carbocycles. The Bertz CT molecular complexity index is 863. The van der Waals surface area contributed by atoms with Gasteiger partial charge in [-0.3, -0.25) is 19.6 Å². The number of hydrogen-bond acceptors (Lipinski definition) is 5.